The van der Waals surface area contributed by atoms with Gasteiger partial charge in [-0.15, -0.1) is 0 Å². The summed E-state index contributed by atoms with van der Waals surface area (Å²) in [4.78, 5) is 0. The fraction of sp³-hybridized carbons (Fsp3) is 0.368. The van der Waals surface area contributed by atoms with Crippen LogP contribution in [0.25, 0.3) is 0 Å². The number of aryl methyl sites for hydroxylation is 1. The van der Waals surface area contributed by atoms with Gasteiger partial charge in [-0.3, -0.25) is 0 Å². The van der Waals surface area contributed by atoms with Crippen LogP contribution in [0.5, 0.6) is 5.75 Å². The smallest absolute Gasteiger partial charge is 0.119 e. The third-order valence-corrected chi connectivity index (χ3v) is 3.85. The molecule has 0 amide bonds. The minimum absolute atomic E-state index is 0.557. The summed E-state index contributed by atoms with van der Waals surface area (Å²) in [6.45, 7) is 8.05. The van der Waals surface area contributed by atoms with Crippen molar-refractivity contribution in [2.45, 2.75) is 46.4 Å². The van der Waals surface area contributed by atoms with Crippen LogP contribution in [0, 0.1) is 6.92 Å². The SMILES string of the molecule is CC[C@@H](C)NCc1ccc(OCc2ccccc2C)cc1. The standard InChI is InChI=1S/C19H25NO/c1-4-16(3)20-13-17-9-11-19(12-10-17)21-14-18-8-6-5-7-15(18)2/h5-12,16,20H,4,13-14H2,1-3H3/t16-/m1/s1. The number of benzene rings is 2. The van der Waals surface area contributed by atoms with Crippen molar-refractivity contribution in [3.63, 3.8) is 0 Å². The van der Waals surface area contributed by atoms with E-state index in [1.165, 1.54) is 16.7 Å². The van der Waals surface area contributed by atoms with Gasteiger partial charge in [0.05, 0.1) is 0 Å². The van der Waals surface area contributed by atoms with Crippen LogP contribution in [0.3, 0.4) is 0 Å². The van der Waals surface area contributed by atoms with E-state index in [9.17, 15) is 0 Å². The van der Waals surface area contributed by atoms with E-state index in [0.717, 1.165) is 18.7 Å². The van der Waals surface area contributed by atoms with E-state index in [1.54, 1.807) is 0 Å². The largest absolute Gasteiger partial charge is 0.489 e. The molecule has 0 radical (unpaired) electrons. The maximum Gasteiger partial charge on any atom is 0.119 e. The molecule has 2 aromatic carbocycles. The van der Waals surface area contributed by atoms with Crippen LogP contribution in [0.2, 0.25) is 0 Å². The number of hydrogen-bond acceptors (Lipinski definition) is 2. The van der Waals surface area contributed by atoms with Crippen LogP contribution >= 0.6 is 0 Å². The molecule has 0 fully saturated rings. The van der Waals surface area contributed by atoms with E-state index in [1.807, 2.05) is 12.1 Å². The molecule has 0 aliphatic heterocycles. The lowest BCUT2D eigenvalue weighted by atomic mass is 10.1. The number of nitrogens with one attached hydrogen (secondary N) is 1. The Balaban J connectivity index is 1.86. The van der Waals surface area contributed by atoms with Crippen LogP contribution in [0.15, 0.2) is 48.5 Å². The summed E-state index contributed by atoms with van der Waals surface area (Å²) in [7, 11) is 0. The van der Waals surface area contributed by atoms with Crippen molar-refractivity contribution in [2.75, 3.05) is 0 Å². The molecule has 21 heavy (non-hydrogen) atoms. The topological polar surface area (TPSA) is 21.3 Å². The lowest BCUT2D eigenvalue weighted by Crippen LogP contribution is -2.24. The fourth-order valence-electron chi connectivity index (χ4n) is 2.07. The Bertz CT molecular complexity index is 548. The molecule has 112 valence electrons. The van der Waals surface area contributed by atoms with Gasteiger partial charge in [0.1, 0.15) is 12.4 Å². The van der Waals surface area contributed by atoms with Gasteiger partial charge in [-0.25, -0.2) is 0 Å². The number of ether oxygens (including phenoxy) is 1. The minimum Gasteiger partial charge on any atom is -0.489 e. The quantitative estimate of drug-likeness (QED) is 0.810. The maximum atomic E-state index is 5.85. The fourth-order valence-corrected chi connectivity index (χ4v) is 2.07. The van der Waals surface area contributed by atoms with Crippen molar-refractivity contribution in [1.29, 1.82) is 0 Å². The molecule has 0 aliphatic carbocycles. The number of hydrogen-bond donors (Lipinski definition) is 1. The van der Waals surface area contributed by atoms with Crippen molar-refractivity contribution < 1.29 is 4.74 Å². The second-order valence-electron chi connectivity index (χ2n) is 5.55. The highest BCUT2D eigenvalue weighted by Gasteiger charge is 2.01. The Kier molecular flexibility index (Phi) is 5.82. The molecule has 2 rings (SSSR count). The molecule has 0 saturated carbocycles. The van der Waals surface area contributed by atoms with Crippen LogP contribution in [-0.4, -0.2) is 6.04 Å². The molecule has 2 heteroatoms. The summed E-state index contributed by atoms with van der Waals surface area (Å²) in [5.41, 5.74) is 3.80. The van der Waals surface area contributed by atoms with Gasteiger partial charge in [-0.05, 0) is 49.1 Å². The first-order valence-corrected chi connectivity index (χ1v) is 7.68. The molecule has 0 heterocycles. The third-order valence-electron chi connectivity index (χ3n) is 3.85. The molecular weight excluding hydrogens is 258 g/mol. The first kappa shape index (κ1) is 15.6. The predicted molar refractivity (Wildman–Crippen MR) is 88.5 cm³/mol. The Labute approximate surface area is 128 Å². The second-order valence-corrected chi connectivity index (χ2v) is 5.55. The van der Waals surface area contributed by atoms with E-state index in [4.69, 9.17) is 4.74 Å². The van der Waals surface area contributed by atoms with Crippen LogP contribution < -0.4 is 10.1 Å². The van der Waals surface area contributed by atoms with Gasteiger partial charge in [-0.1, -0.05) is 43.3 Å². The molecule has 0 bridgehead atoms. The Morgan fingerprint density at radius 1 is 1.05 bits per heavy atom. The Morgan fingerprint density at radius 2 is 1.76 bits per heavy atom. The average molecular weight is 283 g/mol. The highest BCUT2D eigenvalue weighted by atomic mass is 16.5. The van der Waals surface area contributed by atoms with Gasteiger partial charge >= 0.3 is 0 Å². The van der Waals surface area contributed by atoms with Crippen LogP contribution in [-0.2, 0) is 13.2 Å². The molecular formula is C19H25NO. The molecule has 0 saturated heterocycles. The molecule has 0 unspecified atom stereocenters. The average Bonchev–Trinajstić information content (AvgIpc) is 2.53. The van der Waals surface area contributed by atoms with Crippen molar-refractivity contribution >= 4 is 0 Å². The van der Waals surface area contributed by atoms with Gasteiger partial charge in [-0.2, -0.15) is 0 Å². The first-order chi connectivity index (χ1) is 10.2. The van der Waals surface area contributed by atoms with Crippen molar-refractivity contribution in [1.82, 2.24) is 5.32 Å². The Hall–Kier alpha value is -1.80. The molecule has 0 aromatic heterocycles. The molecule has 2 nitrogen and oxygen atoms in total. The highest BCUT2D eigenvalue weighted by Crippen LogP contribution is 2.16. The predicted octanol–water partition coefficient (Wildman–Crippen LogP) is 4.46. The molecule has 1 N–H and O–H groups in total. The summed E-state index contributed by atoms with van der Waals surface area (Å²) in [6.07, 6.45) is 1.15. The number of rotatable bonds is 7. The van der Waals surface area contributed by atoms with E-state index in [0.29, 0.717) is 12.6 Å². The van der Waals surface area contributed by atoms with E-state index in [-0.39, 0.29) is 0 Å². The molecule has 0 aliphatic rings. The normalized spacial score (nSPS) is 12.1. The first-order valence-electron chi connectivity index (χ1n) is 7.68. The van der Waals surface area contributed by atoms with E-state index < -0.39 is 0 Å². The Morgan fingerprint density at radius 3 is 2.43 bits per heavy atom. The minimum atomic E-state index is 0.557. The van der Waals surface area contributed by atoms with Gasteiger partial charge in [0.2, 0.25) is 0 Å². The van der Waals surface area contributed by atoms with Gasteiger partial charge < -0.3 is 10.1 Å². The van der Waals surface area contributed by atoms with E-state index >= 15 is 0 Å². The van der Waals surface area contributed by atoms with Crippen LogP contribution in [0.4, 0.5) is 0 Å². The monoisotopic (exact) mass is 283 g/mol. The lowest BCUT2D eigenvalue weighted by molar-refractivity contribution is 0.305. The lowest BCUT2D eigenvalue weighted by Gasteiger charge is -2.12. The maximum absolute atomic E-state index is 5.85. The zero-order valence-corrected chi connectivity index (χ0v) is 13.2. The van der Waals surface area contributed by atoms with Crippen LogP contribution in [0.1, 0.15) is 37.0 Å². The molecule has 2 aromatic rings. The van der Waals surface area contributed by atoms with Gasteiger partial charge in [0.15, 0.2) is 0 Å². The summed E-state index contributed by atoms with van der Waals surface area (Å²) in [5.74, 6) is 0.922. The summed E-state index contributed by atoms with van der Waals surface area (Å²) in [6, 6.07) is 17.2. The van der Waals surface area contributed by atoms with Gasteiger partial charge in [0, 0.05) is 12.6 Å². The molecule has 1 atom stereocenters. The summed E-state index contributed by atoms with van der Waals surface area (Å²) in [5, 5.41) is 3.49. The third kappa shape index (κ3) is 4.91. The van der Waals surface area contributed by atoms with Crippen molar-refractivity contribution in [3.8, 4) is 5.75 Å². The second kappa shape index (κ2) is 7.84. The van der Waals surface area contributed by atoms with Crippen molar-refractivity contribution in [2.24, 2.45) is 0 Å². The highest BCUT2D eigenvalue weighted by molar-refractivity contribution is 5.29. The summed E-state index contributed by atoms with van der Waals surface area (Å²) < 4.78 is 5.85. The zero-order chi connectivity index (χ0) is 15.1. The van der Waals surface area contributed by atoms with Gasteiger partial charge in [0.25, 0.3) is 0 Å². The molecule has 0 spiro atoms. The van der Waals surface area contributed by atoms with E-state index in [2.05, 4.69) is 62.5 Å². The van der Waals surface area contributed by atoms with Crippen molar-refractivity contribution in [3.05, 3.63) is 65.2 Å². The zero-order valence-electron chi connectivity index (χ0n) is 13.2. The summed E-state index contributed by atoms with van der Waals surface area (Å²) >= 11 is 0.